The third-order valence-electron chi connectivity index (χ3n) is 3.12. The Hall–Kier alpha value is -2.65. The molecule has 1 aliphatic rings. The molecule has 2 heterocycles. The molecule has 0 aliphatic carbocycles. The summed E-state index contributed by atoms with van der Waals surface area (Å²) in [4.78, 5) is 25.9. The Labute approximate surface area is 125 Å². The average molecular weight is 322 g/mol. The maximum Gasteiger partial charge on any atom is 0.338 e. The van der Waals surface area contributed by atoms with Crippen LogP contribution in [0.25, 0.3) is 0 Å². The van der Waals surface area contributed by atoms with Crippen molar-refractivity contribution in [3.63, 3.8) is 0 Å². The molecule has 0 spiro atoms. The van der Waals surface area contributed by atoms with E-state index >= 15 is 0 Å². The Morgan fingerprint density at radius 2 is 1.91 bits per heavy atom. The van der Waals surface area contributed by atoms with Gasteiger partial charge in [-0.15, -0.1) is 0 Å². The van der Waals surface area contributed by atoms with Crippen molar-refractivity contribution in [1.82, 2.24) is 0 Å². The van der Waals surface area contributed by atoms with Gasteiger partial charge in [0.25, 0.3) is 16.0 Å². The summed E-state index contributed by atoms with van der Waals surface area (Å²) in [5, 5.41) is 0. The van der Waals surface area contributed by atoms with Crippen molar-refractivity contribution in [2.45, 2.75) is 4.90 Å². The lowest BCUT2D eigenvalue weighted by molar-refractivity contribution is -0.115. The molecule has 0 unspecified atom stereocenters. The number of benzene rings is 1. The van der Waals surface area contributed by atoms with Gasteiger partial charge in [0.15, 0.2) is 0 Å². The fourth-order valence-electron chi connectivity index (χ4n) is 2.13. The van der Waals surface area contributed by atoms with Crippen LogP contribution in [0, 0.1) is 0 Å². The minimum Gasteiger partial charge on any atom is -0.448 e. The Morgan fingerprint density at radius 1 is 1.14 bits per heavy atom. The molecule has 3 amide bonds. The van der Waals surface area contributed by atoms with Crippen LogP contribution in [-0.2, 0) is 14.9 Å². The molecule has 0 radical (unpaired) electrons. The second-order valence-corrected chi connectivity index (χ2v) is 5.94. The largest absolute Gasteiger partial charge is 0.448 e. The SMILES string of the molecule is O=C1CN(c2cccc(S(=O)(=O)O)c2)C(=O)N1c1ccco1. The summed E-state index contributed by atoms with van der Waals surface area (Å²) in [5.74, 6) is -0.416. The zero-order valence-corrected chi connectivity index (χ0v) is 11.9. The Morgan fingerprint density at radius 3 is 2.55 bits per heavy atom. The number of amides is 3. The third kappa shape index (κ3) is 2.36. The van der Waals surface area contributed by atoms with E-state index in [0.717, 1.165) is 15.9 Å². The monoisotopic (exact) mass is 322 g/mol. The molecule has 1 saturated heterocycles. The maximum atomic E-state index is 12.3. The second kappa shape index (κ2) is 4.97. The van der Waals surface area contributed by atoms with Gasteiger partial charge in [0, 0.05) is 11.8 Å². The fraction of sp³-hybridized carbons (Fsp3) is 0.0769. The highest BCUT2D eigenvalue weighted by Gasteiger charge is 2.39. The molecule has 8 nitrogen and oxygen atoms in total. The zero-order valence-electron chi connectivity index (χ0n) is 11.0. The number of carbonyl (C=O) groups excluding carboxylic acids is 2. The lowest BCUT2D eigenvalue weighted by Crippen LogP contribution is -2.32. The Bertz CT molecular complexity index is 843. The lowest BCUT2D eigenvalue weighted by Gasteiger charge is -2.16. The van der Waals surface area contributed by atoms with E-state index in [0.29, 0.717) is 0 Å². The highest BCUT2D eigenvalue weighted by molar-refractivity contribution is 7.85. The fourth-order valence-corrected chi connectivity index (χ4v) is 2.65. The second-order valence-electron chi connectivity index (χ2n) is 4.52. The van der Waals surface area contributed by atoms with E-state index in [1.807, 2.05) is 0 Å². The van der Waals surface area contributed by atoms with Crippen LogP contribution in [0.1, 0.15) is 0 Å². The predicted molar refractivity (Wildman–Crippen MR) is 75.2 cm³/mol. The van der Waals surface area contributed by atoms with Gasteiger partial charge in [0.2, 0.25) is 5.88 Å². The van der Waals surface area contributed by atoms with Crippen molar-refractivity contribution in [3.05, 3.63) is 42.7 Å². The number of anilines is 2. The standard InChI is InChI=1S/C13H10N2O6S/c16-11-8-14(13(17)15(11)12-5-2-6-21-12)9-3-1-4-10(7-9)22(18,19)20/h1-7H,8H2,(H,18,19,20). The number of hydrogen-bond donors (Lipinski definition) is 1. The van der Waals surface area contributed by atoms with Crippen LogP contribution >= 0.6 is 0 Å². The normalized spacial score (nSPS) is 15.7. The number of hydrogen-bond acceptors (Lipinski definition) is 5. The molecule has 9 heteroatoms. The van der Waals surface area contributed by atoms with E-state index in [-0.39, 0.29) is 23.0 Å². The summed E-state index contributed by atoms with van der Waals surface area (Å²) in [6.45, 7) is -0.255. The molecule has 1 aromatic heterocycles. The van der Waals surface area contributed by atoms with Crippen LogP contribution in [-0.4, -0.2) is 31.5 Å². The molecule has 114 valence electrons. The van der Waals surface area contributed by atoms with Gasteiger partial charge in [-0.25, -0.2) is 4.79 Å². The molecule has 22 heavy (non-hydrogen) atoms. The van der Waals surface area contributed by atoms with Gasteiger partial charge in [-0.05, 0) is 24.3 Å². The van der Waals surface area contributed by atoms with Crippen molar-refractivity contribution in [3.8, 4) is 0 Å². The van der Waals surface area contributed by atoms with Crippen molar-refractivity contribution >= 4 is 33.6 Å². The summed E-state index contributed by atoms with van der Waals surface area (Å²) in [6.07, 6.45) is 1.33. The van der Waals surface area contributed by atoms with Crippen LogP contribution in [0.5, 0.6) is 0 Å². The van der Waals surface area contributed by atoms with Crippen molar-refractivity contribution in [1.29, 1.82) is 0 Å². The number of rotatable bonds is 3. The Kier molecular flexibility index (Phi) is 3.23. The summed E-state index contributed by atoms with van der Waals surface area (Å²) in [6, 6.07) is 7.48. The molecule has 1 N–H and O–H groups in total. The van der Waals surface area contributed by atoms with Crippen LogP contribution in [0.3, 0.4) is 0 Å². The molecule has 1 aliphatic heterocycles. The minimum absolute atomic E-state index is 0.0865. The molecule has 0 atom stereocenters. The van der Waals surface area contributed by atoms with Gasteiger partial charge in [-0.2, -0.15) is 13.3 Å². The maximum absolute atomic E-state index is 12.3. The van der Waals surface area contributed by atoms with E-state index in [2.05, 4.69) is 0 Å². The van der Waals surface area contributed by atoms with E-state index in [1.165, 1.54) is 36.6 Å². The molecular formula is C13H10N2O6S. The number of imide groups is 1. The van der Waals surface area contributed by atoms with Gasteiger partial charge in [0.05, 0.1) is 11.2 Å². The molecule has 1 aromatic carbocycles. The first-order chi connectivity index (χ1) is 10.4. The van der Waals surface area contributed by atoms with Crippen LogP contribution in [0.4, 0.5) is 16.4 Å². The van der Waals surface area contributed by atoms with Crippen molar-refractivity contribution < 1.29 is 27.0 Å². The highest BCUT2D eigenvalue weighted by atomic mass is 32.2. The van der Waals surface area contributed by atoms with Crippen LogP contribution in [0.15, 0.2) is 52.0 Å². The number of carbonyl (C=O) groups is 2. The van der Waals surface area contributed by atoms with Crippen molar-refractivity contribution in [2.24, 2.45) is 0 Å². The van der Waals surface area contributed by atoms with Gasteiger partial charge in [0.1, 0.15) is 6.54 Å². The molecule has 2 aromatic rings. The van der Waals surface area contributed by atoms with Gasteiger partial charge in [-0.1, -0.05) is 6.07 Å². The summed E-state index contributed by atoms with van der Waals surface area (Å²) >= 11 is 0. The molecular weight excluding hydrogens is 312 g/mol. The Balaban J connectivity index is 1.97. The third-order valence-corrected chi connectivity index (χ3v) is 3.97. The summed E-state index contributed by atoms with van der Waals surface area (Å²) in [7, 11) is -4.40. The highest BCUT2D eigenvalue weighted by Crippen LogP contribution is 2.27. The molecule has 3 rings (SSSR count). The first-order valence-corrected chi connectivity index (χ1v) is 7.57. The van der Waals surface area contributed by atoms with Crippen LogP contribution < -0.4 is 9.80 Å². The van der Waals surface area contributed by atoms with E-state index in [9.17, 15) is 18.0 Å². The smallest absolute Gasteiger partial charge is 0.338 e. The number of furan rings is 1. The summed E-state index contributed by atoms with van der Waals surface area (Å²) < 4.78 is 36.4. The first kappa shape index (κ1) is 14.3. The molecule has 1 fully saturated rings. The van der Waals surface area contributed by atoms with Crippen molar-refractivity contribution in [2.75, 3.05) is 16.3 Å². The predicted octanol–water partition coefficient (Wildman–Crippen LogP) is 1.50. The average Bonchev–Trinajstić information content (AvgIpc) is 3.06. The minimum atomic E-state index is -4.40. The van der Waals surface area contributed by atoms with Gasteiger partial charge < -0.3 is 4.42 Å². The summed E-state index contributed by atoms with van der Waals surface area (Å²) in [5.41, 5.74) is 0.183. The van der Waals surface area contributed by atoms with Gasteiger partial charge >= 0.3 is 6.03 Å². The number of urea groups is 1. The van der Waals surface area contributed by atoms with Crippen LogP contribution in [0.2, 0.25) is 0 Å². The molecule has 0 saturated carbocycles. The lowest BCUT2D eigenvalue weighted by atomic mass is 10.3. The van der Waals surface area contributed by atoms with Gasteiger partial charge in [-0.3, -0.25) is 14.2 Å². The van der Waals surface area contributed by atoms with E-state index < -0.39 is 22.1 Å². The quantitative estimate of drug-likeness (QED) is 0.677. The molecule has 0 bridgehead atoms. The topological polar surface area (TPSA) is 108 Å². The van der Waals surface area contributed by atoms with E-state index in [1.54, 1.807) is 0 Å². The first-order valence-electron chi connectivity index (χ1n) is 6.13. The number of nitrogens with zero attached hydrogens (tertiary/aromatic N) is 2. The zero-order chi connectivity index (χ0) is 15.9. The van der Waals surface area contributed by atoms with E-state index in [4.69, 9.17) is 8.97 Å².